The van der Waals surface area contributed by atoms with Gasteiger partial charge in [0.2, 0.25) is 5.91 Å². The number of hydrogen-bond acceptors (Lipinski definition) is 5. The quantitative estimate of drug-likeness (QED) is 0.755. The zero-order valence-electron chi connectivity index (χ0n) is 13.8. The maximum absolute atomic E-state index is 11.9. The summed E-state index contributed by atoms with van der Waals surface area (Å²) in [6.07, 6.45) is 3.11. The zero-order chi connectivity index (χ0) is 16.7. The Labute approximate surface area is 131 Å². The average molecular weight is 310 g/mol. The minimum atomic E-state index is -0.558. The van der Waals surface area contributed by atoms with E-state index in [1.165, 1.54) is 6.92 Å². The van der Waals surface area contributed by atoms with Gasteiger partial charge < -0.3 is 15.2 Å². The first kappa shape index (κ1) is 18.5. The topological polar surface area (TPSA) is 91.0 Å². The predicted octanol–water partition coefficient (Wildman–Crippen LogP) is 1.77. The molecular weight excluding hydrogens is 284 g/mol. The van der Waals surface area contributed by atoms with Crippen LogP contribution >= 0.6 is 0 Å². The van der Waals surface area contributed by atoms with Gasteiger partial charge in [0.25, 0.3) is 0 Å². The van der Waals surface area contributed by atoms with Crippen molar-refractivity contribution in [3.8, 4) is 0 Å². The molecule has 1 aliphatic rings. The molecule has 0 aromatic heterocycles. The monoisotopic (exact) mass is 310 g/mol. The van der Waals surface area contributed by atoms with E-state index in [9.17, 15) is 9.59 Å². The molecule has 0 radical (unpaired) electrons. The fourth-order valence-corrected chi connectivity index (χ4v) is 2.39. The van der Waals surface area contributed by atoms with Gasteiger partial charge in [-0.3, -0.25) is 4.79 Å². The molecule has 6 heteroatoms. The predicted molar refractivity (Wildman–Crippen MR) is 84.7 cm³/mol. The van der Waals surface area contributed by atoms with Gasteiger partial charge in [-0.1, -0.05) is 13.8 Å². The van der Waals surface area contributed by atoms with Crippen LogP contribution in [0.1, 0.15) is 47.0 Å². The van der Waals surface area contributed by atoms with Crippen LogP contribution in [0.4, 0.5) is 0 Å². The molecule has 1 amide bonds. The van der Waals surface area contributed by atoms with Gasteiger partial charge in [0.05, 0.1) is 24.5 Å². The van der Waals surface area contributed by atoms with E-state index in [1.54, 1.807) is 13.0 Å². The van der Waals surface area contributed by atoms with Gasteiger partial charge >= 0.3 is 5.97 Å². The molecule has 2 atom stereocenters. The maximum Gasteiger partial charge on any atom is 0.333 e. The normalized spacial score (nSPS) is 23.5. The Morgan fingerprint density at radius 3 is 2.50 bits per heavy atom. The van der Waals surface area contributed by atoms with Crippen molar-refractivity contribution in [1.29, 1.82) is 0 Å². The van der Waals surface area contributed by atoms with E-state index < -0.39 is 18.1 Å². The standard InChI is InChI=1S/C16H26N2O4/c1-5-12(6-2)22-14-9-11(16(20)21-7-3)8-13(17)15(14)18-10(4)19/h9,12-14H,5-8,17H2,1-4H3/t13-,14+/m0/s1. The van der Waals surface area contributed by atoms with E-state index in [2.05, 4.69) is 4.99 Å². The third-order valence-electron chi connectivity index (χ3n) is 3.54. The Bertz CT molecular complexity index is 467. The van der Waals surface area contributed by atoms with Gasteiger partial charge in [0.15, 0.2) is 0 Å². The Balaban J connectivity index is 3.10. The highest BCUT2D eigenvalue weighted by Crippen LogP contribution is 2.22. The first-order valence-electron chi connectivity index (χ1n) is 7.80. The molecular formula is C16H26N2O4. The smallest absolute Gasteiger partial charge is 0.333 e. The number of nitrogens with two attached hydrogens (primary N) is 1. The highest BCUT2D eigenvalue weighted by molar-refractivity contribution is 6.05. The Hall–Kier alpha value is -1.53. The summed E-state index contributed by atoms with van der Waals surface area (Å²) < 4.78 is 11.0. The minimum absolute atomic E-state index is 0.0205. The molecule has 1 rings (SSSR count). The van der Waals surface area contributed by atoms with Gasteiger partial charge in [0, 0.05) is 12.5 Å². The fraction of sp³-hybridized carbons (Fsp3) is 0.688. The molecule has 0 bridgehead atoms. The molecule has 0 aromatic carbocycles. The van der Waals surface area contributed by atoms with E-state index in [0.717, 1.165) is 12.8 Å². The summed E-state index contributed by atoms with van der Waals surface area (Å²) in [5.41, 5.74) is 7.05. The van der Waals surface area contributed by atoms with Crippen molar-refractivity contribution >= 4 is 17.6 Å². The van der Waals surface area contributed by atoms with Crippen LogP contribution in [0.25, 0.3) is 0 Å². The van der Waals surface area contributed by atoms with Gasteiger partial charge in [-0.15, -0.1) is 0 Å². The number of esters is 1. The van der Waals surface area contributed by atoms with Crippen molar-refractivity contribution in [1.82, 2.24) is 0 Å². The van der Waals surface area contributed by atoms with Gasteiger partial charge in [-0.05, 0) is 32.3 Å². The van der Waals surface area contributed by atoms with Crippen molar-refractivity contribution in [3.05, 3.63) is 11.6 Å². The molecule has 124 valence electrons. The summed E-state index contributed by atoms with van der Waals surface area (Å²) >= 11 is 0. The van der Waals surface area contributed by atoms with Crippen molar-refractivity contribution < 1.29 is 19.1 Å². The van der Waals surface area contributed by atoms with E-state index >= 15 is 0 Å². The van der Waals surface area contributed by atoms with Crippen LogP contribution in [-0.4, -0.2) is 42.4 Å². The van der Waals surface area contributed by atoms with Crippen molar-refractivity contribution in [2.45, 2.75) is 65.2 Å². The number of amides is 1. The van der Waals surface area contributed by atoms with Crippen LogP contribution in [0, 0.1) is 0 Å². The van der Waals surface area contributed by atoms with E-state index in [-0.39, 0.29) is 12.0 Å². The number of hydrogen-bond donors (Lipinski definition) is 1. The molecule has 0 unspecified atom stereocenters. The van der Waals surface area contributed by atoms with Crippen molar-refractivity contribution in [2.24, 2.45) is 10.7 Å². The summed E-state index contributed by atoms with van der Waals surface area (Å²) in [6.45, 7) is 7.47. The molecule has 0 aromatic rings. The Morgan fingerprint density at radius 2 is 2.00 bits per heavy atom. The summed E-state index contributed by atoms with van der Waals surface area (Å²) in [6, 6.07) is -0.521. The fourth-order valence-electron chi connectivity index (χ4n) is 2.39. The molecule has 0 fully saturated rings. The lowest BCUT2D eigenvalue weighted by Gasteiger charge is -2.30. The number of ether oxygens (including phenoxy) is 2. The third-order valence-corrected chi connectivity index (χ3v) is 3.54. The average Bonchev–Trinajstić information content (AvgIpc) is 2.47. The van der Waals surface area contributed by atoms with Crippen LogP contribution in [0.3, 0.4) is 0 Å². The molecule has 0 heterocycles. The second-order valence-electron chi connectivity index (χ2n) is 5.27. The number of carbonyl (C=O) groups excluding carboxylic acids is 2. The Kier molecular flexibility index (Phi) is 7.41. The van der Waals surface area contributed by atoms with Gasteiger partial charge in [-0.25, -0.2) is 9.79 Å². The summed E-state index contributed by atoms with van der Waals surface area (Å²) in [7, 11) is 0. The lowest BCUT2D eigenvalue weighted by Crippen LogP contribution is -2.45. The molecule has 0 spiro atoms. The molecule has 2 N–H and O–H groups in total. The van der Waals surface area contributed by atoms with Crippen LogP contribution < -0.4 is 5.73 Å². The zero-order valence-corrected chi connectivity index (χ0v) is 13.8. The molecule has 0 saturated heterocycles. The molecule has 6 nitrogen and oxygen atoms in total. The van der Waals surface area contributed by atoms with Crippen molar-refractivity contribution in [2.75, 3.05) is 6.61 Å². The van der Waals surface area contributed by atoms with Crippen LogP contribution in [-0.2, 0) is 19.1 Å². The lowest BCUT2D eigenvalue weighted by atomic mass is 9.91. The van der Waals surface area contributed by atoms with Crippen LogP contribution in [0.5, 0.6) is 0 Å². The SMILES string of the molecule is CCOC(=O)C1=C[C@@H](OC(CC)CC)C(=NC(C)=O)[C@@H](N)C1. The third kappa shape index (κ3) is 5.03. The summed E-state index contributed by atoms with van der Waals surface area (Å²) in [5, 5.41) is 0. The first-order valence-corrected chi connectivity index (χ1v) is 7.80. The second kappa shape index (κ2) is 8.80. The highest BCUT2D eigenvalue weighted by atomic mass is 16.5. The summed E-state index contributed by atoms with van der Waals surface area (Å²) in [4.78, 5) is 27.3. The van der Waals surface area contributed by atoms with Gasteiger partial charge in [0.1, 0.15) is 6.10 Å². The lowest BCUT2D eigenvalue weighted by molar-refractivity contribution is -0.138. The highest BCUT2D eigenvalue weighted by Gasteiger charge is 2.32. The molecule has 0 saturated carbocycles. The molecule has 22 heavy (non-hydrogen) atoms. The minimum Gasteiger partial charge on any atom is -0.463 e. The van der Waals surface area contributed by atoms with Crippen molar-refractivity contribution in [3.63, 3.8) is 0 Å². The molecule has 0 aliphatic heterocycles. The molecule has 1 aliphatic carbocycles. The largest absolute Gasteiger partial charge is 0.463 e. The Morgan fingerprint density at radius 1 is 1.36 bits per heavy atom. The number of rotatable bonds is 6. The number of aliphatic imine (C=N–C) groups is 1. The van der Waals surface area contributed by atoms with E-state index in [0.29, 0.717) is 24.3 Å². The summed E-state index contributed by atoms with van der Waals surface area (Å²) in [5.74, 6) is -0.713. The number of carbonyl (C=O) groups is 2. The van der Waals surface area contributed by atoms with Crippen LogP contribution in [0.2, 0.25) is 0 Å². The van der Waals surface area contributed by atoms with E-state index in [1.807, 2.05) is 13.8 Å². The first-order chi connectivity index (χ1) is 10.4. The maximum atomic E-state index is 11.9. The van der Waals surface area contributed by atoms with Crippen LogP contribution in [0.15, 0.2) is 16.6 Å². The second-order valence-corrected chi connectivity index (χ2v) is 5.27. The number of nitrogens with zero attached hydrogens (tertiary/aromatic N) is 1. The van der Waals surface area contributed by atoms with Gasteiger partial charge in [-0.2, -0.15) is 0 Å². The van der Waals surface area contributed by atoms with E-state index in [4.69, 9.17) is 15.2 Å².